The van der Waals surface area contributed by atoms with E-state index in [-0.39, 0.29) is 17.6 Å². The molecule has 5 nitrogen and oxygen atoms in total. The molecule has 0 saturated carbocycles. The third kappa shape index (κ3) is 6.68. The number of benzene rings is 2. The Morgan fingerprint density at radius 2 is 1.59 bits per heavy atom. The van der Waals surface area contributed by atoms with E-state index in [4.69, 9.17) is 0 Å². The molecular formula is C23H30N2O3S. The lowest BCUT2D eigenvalue weighted by Gasteiger charge is -2.31. The van der Waals surface area contributed by atoms with Gasteiger partial charge in [0.05, 0.1) is 11.7 Å². The minimum absolute atomic E-state index is 0.0369. The Hall–Kier alpha value is -2.18. The van der Waals surface area contributed by atoms with Crippen LogP contribution in [-0.4, -0.2) is 44.0 Å². The van der Waals surface area contributed by atoms with Gasteiger partial charge < -0.3 is 5.32 Å². The Morgan fingerprint density at radius 3 is 2.24 bits per heavy atom. The summed E-state index contributed by atoms with van der Waals surface area (Å²) in [5.41, 5.74) is 2.33. The van der Waals surface area contributed by atoms with Crippen LogP contribution in [0.4, 0.5) is 0 Å². The van der Waals surface area contributed by atoms with Crippen molar-refractivity contribution < 1.29 is 13.2 Å². The first-order valence-corrected chi connectivity index (χ1v) is 12.0. The minimum atomic E-state index is -3.33. The highest BCUT2D eigenvalue weighted by atomic mass is 32.2. The van der Waals surface area contributed by atoms with Crippen molar-refractivity contribution in [1.82, 2.24) is 9.62 Å². The van der Waals surface area contributed by atoms with Crippen molar-refractivity contribution >= 4 is 15.9 Å². The first-order valence-electron chi connectivity index (χ1n) is 10.4. The molecule has 1 heterocycles. The summed E-state index contributed by atoms with van der Waals surface area (Å²) < 4.78 is 27.0. The predicted molar refractivity (Wildman–Crippen MR) is 116 cm³/mol. The predicted octanol–water partition coefficient (Wildman–Crippen LogP) is 3.02. The van der Waals surface area contributed by atoms with Gasteiger partial charge in [0.2, 0.25) is 15.9 Å². The van der Waals surface area contributed by atoms with Crippen molar-refractivity contribution in [2.24, 2.45) is 5.92 Å². The first-order chi connectivity index (χ1) is 14.0. The van der Waals surface area contributed by atoms with Gasteiger partial charge in [0, 0.05) is 19.6 Å². The SMILES string of the molecule is O=C(NCCc1ccccc1)[C@H]1CCCN(S(=O)(=O)CCCc2ccccc2)C1. The van der Waals surface area contributed by atoms with Gasteiger partial charge in [0.15, 0.2) is 0 Å². The number of hydrogen-bond acceptors (Lipinski definition) is 3. The molecule has 0 bridgehead atoms. The second-order valence-electron chi connectivity index (χ2n) is 7.63. The summed E-state index contributed by atoms with van der Waals surface area (Å²) in [6.07, 6.45) is 3.59. The number of piperidine rings is 1. The van der Waals surface area contributed by atoms with Gasteiger partial charge in [0.1, 0.15) is 0 Å². The number of sulfonamides is 1. The van der Waals surface area contributed by atoms with E-state index >= 15 is 0 Å². The van der Waals surface area contributed by atoms with Gasteiger partial charge in [-0.1, -0.05) is 60.7 Å². The summed E-state index contributed by atoms with van der Waals surface area (Å²) in [5.74, 6) is -0.168. The molecule has 0 aliphatic carbocycles. The molecule has 2 aromatic carbocycles. The van der Waals surface area contributed by atoms with Crippen LogP contribution in [-0.2, 0) is 27.7 Å². The molecule has 156 valence electrons. The van der Waals surface area contributed by atoms with Gasteiger partial charge >= 0.3 is 0 Å². The number of rotatable bonds is 9. The lowest BCUT2D eigenvalue weighted by molar-refractivity contribution is -0.126. The van der Waals surface area contributed by atoms with Crippen LogP contribution >= 0.6 is 0 Å². The maximum Gasteiger partial charge on any atom is 0.224 e. The van der Waals surface area contributed by atoms with E-state index in [2.05, 4.69) is 5.32 Å². The molecule has 0 unspecified atom stereocenters. The number of amides is 1. The molecule has 29 heavy (non-hydrogen) atoms. The normalized spacial score (nSPS) is 17.7. The summed E-state index contributed by atoms with van der Waals surface area (Å²) in [6.45, 7) is 1.38. The molecule has 0 radical (unpaired) electrons. The fourth-order valence-corrected chi connectivity index (χ4v) is 5.34. The smallest absolute Gasteiger partial charge is 0.224 e. The van der Waals surface area contributed by atoms with Gasteiger partial charge in [-0.3, -0.25) is 4.79 Å². The molecule has 1 fully saturated rings. The highest BCUT2D eigenvalue weighted by Gasteiger charge is 2.31. The fraction of sp³-hybridized carbons (Fsp3) is 0.435. The van der Waals surface area contributed by atoms with Crippen LogP contribution in [0.15, 0.2) is 60.7 Å². The maximum absolute atomic E-state index is 12.7. The van der Waals surface area contributed by atoms with Gasteiger partial charge in [-0.05, 0) is 43.2 Å². The van der Waals surface area contributed by atoms with Crippen molar-refractivity contribution in [2.45, 2.75) is 32.1 Å². The highest BCUT2D eigenvalue weighted by molar-refractivity contribution is 7.89. The Balaban J connectivity index is 1.45. The monoisotopic (exact) mass is 414 g/mol. The number of hydrogen-bond donors (Lipinski definition) is 1. The fourth-order valence-electron chi connectivity index (χ4n) is 3.76. The molecule has 1 aliphatic rings. The average molecular weight is 415 g/mol. The van der Waals surface area contributed by atoms with Crippen molar-refractivity contribution in [1.29, 1.82) is 0 Å². The number of nitrogens with zero attached hydrogens (tertiary/aromatic N) is 1. The van der Waals surface area contributed by atoms with Gasteiger partial charge in [-0.2, -0.15) is 0 Å². The number of aryl methyl sites for hydroxylation is 1. The van der Waals surface area contributed by atoms with Crippen LogP contribution < -0.4 is 5.32 Å². The summed E-state index contributed by atoms with van der Waals surface area (Å²) >= 11 is 0. The summed E-state index contributed by atoms with van der Waals surface area (Å²) in [5, 5.41) is 2.98. The topological polar surface area (TPSA) is 66.5 Å². The molecular weight excluding hydrogens is 384 g/mol. The zero-order chi connectivity index (χ0) is 20.5. The van der Waals surface area contributed by atoms with Crippen LogP contribution in [0.25, 0.3) is 0 Å². The van der Waals surface area contributed by atoms with E-state index in [1.165, 1.54) is 9.87 Å². The van der Waals surface area contributed by atoms with E-state index in [0.717, 1.165) is 31.2 Å². The summed E-state index contributed by atoms with van der Waals surface area (Å²) in [6, 6.07) is 19.9. The average Bonchev–Trinajstić information content (AvgIpc) is 2.75. The highest BCUT2D eigenvalue weighted by Crippen LogP contribution is 2.20. The molecule has 1 amide bonds. The van der Waals surface area contributed by atoms with Crippen molar-refractivity contribution in [3.8, 4) is 0 Å². The molecule has 1 saturated heterocycles. The molecule has 1 aliphatic heterocycles. The Kier molecular flexibility index (Phi) is 7.83. The number of nitrogens with one attached hydrogen (secondary N) is 1. The summed E-state index contributed by atoms with van der Waals surface area (Å²) in [7, 11) is -3.33. The van der Waals surface area contributed by atoms with Crippen LogP contribution in [0.3, 0.4) is 0 Å². The van der Waals surface area contributed by atoms with Crippen molar-refractivity contribution in [3.63, 3.8) is 0 Å². The second kappa shape index (κ2) is 10.6. The van der Waals surface area contributed by atoms with Crippen LogP contribution in [0.1, 0.15) is 30.4 Å². The van der Waals surface area contributed by atoms with Crippen LogP contribution in [0.2, 0.25) is 0 Å². The minimum Gasteiger partial charge on any atom is -0.355 e. The molecule has 1 atom stereocenters. The summed E-state index contributed by atoms with van der Waals surface area (Å²) in [4.78, 5) is 12.5. The lowest BCUT2D eigenvalue weighted by Crippen LogP contribution is -2.46. The van der Waals surface area contributed by atoms with E-state index in [0.29, 0.717) is 26.1 Å². The molecule has 1 N–H and O–H groups in total. The molecule has 2 aromatic rings. The quantitative estimate of drug-likeness (QED) is 0.686. The Morgan fingerprint density at radius 1 is 0.966 bits per heavy atom. The van der Waals surface area contributed by atoms with Crippen molar-refractivity contribution in [3.05, 3.63) is 71.8 Å². The molecule has 0 aromatic heterocycles. The second-order valence-corrected chi connectivity index (χ2v) is 9.72. The molecule has 3 rings (SSSR count). The largest absolute Gasteiger partial charge is 0.355 e. The number of carbonyl (C=O) groups is 1. The van der Waals surface area contributed by atoms with E-state index in [1.807, 2.05) is 60.7 Å². The Labute approximate surface area is 174 Å². The zero-order valence-corrected chi connectivity index (χ0v) is 17.6. The van der Waals surface area contributed by atoms with Crippen molar-refractivity contribution in [2.75, 3.05) is 25.4 Å². The standard InChI is InChI=1S/C23H30N2O3S/c26-23(24-16-15-21-11-5-2-6-12-21)22-14-7-17-25(19-22)29(27,28)18-8-13-20-9-3-1-4-10-20/h1-6,9-12,22H,7-8,13-19H2,(H,24,26)/t22-/m0/s1. The van der Waals surface area contributed by atoms with Crippen LogP contribution in [0.5, 0.6) is 0 Å². The van der Waals surface area contributed by atoms with E-state index in [1.54, 1.807) is 0 Å². The first kappa shape index (κ1) is 21.5. The third-order valence-electron chi connectivity index (χ3n) is 5.41. The maximum atomic E-state index is 12.7. The van der Waals surface area contributed by atoms with E-state index in [9.17, 15) is 13.2 Å². The van der Waals surface area contributed by atoms with Crippen LogP contribution in [0, 0.1) is 5.92 Å². The van der Waals surface area contributed by atoms with E-state index < -0.39 is 10.0 Å². The lowest BCUT2D eigenvalue weighted by atomic mass is 9.99. The molecule has 0 spiro atoms. The number of carbonyl (C=O) groups excluding carboxylic acids is 1. The third-order valence-corrected chi connectivity index (χ3v) is 7.34. The Bertz CT molecular complexity index is 870. The van der Waals surface area contributed by atoms with Gasteiger partial charge in [0.25, 0.3) is 0 Å². The zero-order valence-electron chi connectivity index (χ0n) is 16.8. The van der Waals surface area contributed by atoms with Gasteiger partial charge in [-0.15, -0.1) is 0 Å². The molecule has 6 heteroatoms. The van der Waals surface area contributed by atoms with Gasteiger partial charge in [-0.25, -0.2) is 12.7 Å².